The van der Waals surface area contributed by atoms with Gasteiger partial charge < -0.3 is 14.2 Å². The fourth-order valence-corrected chi connectivity index (χ4v) is 4.20. The summed E-state index contributed by atoms with van der Waals surface area (Å²) in [6.07, 6.45) is 0.984. The second-order valence-electron chi connectivity index (χ2n) is 6.79. The van der Waals surface area contributed by atoms with E-state index in [4.69, 9.17) is 14.2 Å². The van der Waals surface area contributed by atoms with Gasteiger partial charge in [-0.15, -0.1) is 0 Å². The van der Waals surface area contributed by atoms with Gasteiger partial charge in [0.2, 0.25) is 0 Å². The van der Waals surface area contributed by atoms with Gasteiger partial charge in [-0.1, -0.05) is 18.2 Å². The van der Waals surface area contributed by atoms with Gasteiger partial charge in [-0.25, -0.2) is 9.59 Å². The zero-order valence-corrected chi connectivity index (χ0v) is 15.1. The number of piperidine rings is 1. The first-order chi connectivity index (χ1) is 12.4. The van der Waals surface area contributed by atoms with Gasteiger partial charge in [0.1, 0.15) is 0 Å². The van der Waals surface area contributed by atoms with Crippen LogP contribution in [0.3, 0.4) is 0 Å². The summed E-state index contributed by atoms with van der Waals surface area (Å²) < 4.78 is 16.2. The number of methoxy groups -OCH3 is 1. The summed E-state index contributed by atoms with van der Waals surface area (Å²) >= 11 is 0. The van der Waals surface area contributed by atoms with Gasteiger partial charge in [0.15, 0.2) is 6.10 Å². The molecule has 2 aliphatic rings. The number of hydrogen-bond donors (Lipinski definition) is 0. The van der Waals surface area contributed by atoms with Crippen molar-refractivity contribution in [2.45, 2.75) is 50.0 Å². The highest BCUT2D eigenvalue weighted by atomic mass is 16.6. The molecule has 0 amide bonds. The van der Waals surface area contributed by atoms with E-state index in [2.05, 4.69) is 0 Å². The highest BCUT2D eigenvalue weighted by Crippen LogP contribution is 2.45. The Morgan fingerprint density at radius 3 is 2.46 bits per heavy atom. The van der Waals surface area contributed by atoms with Crippen molar-refractivity contribution >= 4 is 17.9 Å². The molecule has 7 heteroatoms. The average Bonchev–Trinajstić information content (AvgIpc) is 2.91. The molecule has 1 aromatic rings. The standard InChI is InChI=1S/C19H23NO6/c1-12(21)26-19(18(23)24-3)15-10-9-14(20(15)2)11-16(19)25-17(22)13-7-5-4-6-8-13/h4-8,14-16H,9-11H2,1-3H3/t14-,15+,16+,19-/m1/s1. The van der Waals surface area contributed by atoms with Crippen LogP contribution in [0.2, 0.25) is 0 Å². The molecule has 0 unspecified atom stereocenters. The van der Waals surface area contributed by atoms with Crippen LogP contribution in [0.1, 0.15) is 36.5 Å². The summed E-state index contributed by atoms with van der Waals surface area (Å²) in [5, 5.41) is 0. The number of carbonyl (C=O) groups is 3. The minimum atomic E-state index is -1.66. The molecule has 7 nitrogen and oxygen atoms in total. The number of rotatable bonds is 4. The van der Waals surface area contributed by atoms with Crippen molar-refractivity contribution < 1.29 is 28.6 Å². The molecule has 26 heavy (non-hydrogen) atoms. The Morgan fingerprint density at radius 1 is 1.15 bits per heavy atom. The molecule has 2 heterocycles. The molecule has 0 saturated carbocycles. The lowest BCUT2D eigenvalue weighted by molar-refractivity contribution is -0.213. The predicted octanol–water partition coefficient (Wildman–Crippen LogP) is 1.55. The van der Waals surface area contributed by atoms with E-state index in [9.17, 15) is 14.4 Å². The Bertz CT molecular complexity index is 705. The van der Waals surface area contributed by atoms with E-state index >= 15 is 0 Å². The van der Waals surface area contributed by atoms with Gasteiger partial charge in [-0.05, 0) is 32.0 Å². The van der Waals surface area contributed by atoms with E-state index in [-0.39, 0.29) is 6.04 Å². The van der Waals surface area contributed by atoms with Gasteiger partial charge in [0.05, 0.1) is 18.7 Å². The smallest absolute Gasteiger partial charge is 0.356 e. The van der Waals surface area contributed by atoms with Crippen molar-refractivity contribution in [3.63, 3.8) is 0 Å². The minimum Gasteiger partial charge on any atom is -0.466 e. The maximum Gasteiger partial charge on any atom is 0.356 e. The van der Waals surface area contributed by atoms with E-state index in [0.717, 1.165) is 6.42 Å². The molecule has 0 spiro atoms. The van der Waals surface area contributed by atoms with Crippen LogP contribution in [-0.2, 0) is 23.8 Å². The quantitative estimate of drug-likeness (QED) is 0.594. The number of fused-ring (bicyclic) bond motifs is 2. The Kier molecular flexibility index (Phi) is 5.00. The molecule has 2 saturated heterocycles. The second-order valence-corrected chi connectivity index (χ2v) is 6.79. The third kappa shape index (κ3) is 2.96. The molecular weight excluding hydrogens is 338 g/mol. The fraction of sp³-hybridized carbons (Fsp3) is 0.526. The SMILES string of the molecule is COC(=O)[C@]1(OC(C)=O)[C@@H](OC(=O)c2ccccc2)C[C@H]2CC[C@@H]1N2C. The predicted molar refractivity (Wildman–Crippen MR) is 91.3 cm³/mol. The topological polar surface area (TPSA) is 82.1 Å². The molecule has 0 N–H and O–H groups in total. The van der Waals surface area contributed by atoms with Crippen molar-refractivity contribution in [2.24, 2.45) is 0 Å². The first-order valence-electron chi connectivity index (χ1n) is 8.66. The van der Waals surface area contributed by atoms with E-state index in [1.807, 2.05) is 11.9 Å². The van der Waals surface area contributed by atoms with Gasteiger partial charge in [0, 0.05) is 19.4 Å². The number of likely N-dealkylation sites (N-methyl/N-ethyl adjacent to an activating group) is 1. The molecule has 1 aromatic carbocycles. The summed E-state index contributed by atoms with van der Waals surface area (Å²) in [4.78, 5) is 39.2. The molecule has 2 bridgehead atoms. The number of carbonyl (C=O) groups excluding carboxylic acids is 3. The van der Waals surface area contributed by atoms with Crippen LogP contribution in [0, 0.1) is 0 Å². The number of nitrogens with zero attached hydrogens (tertiary/aromatic N) is 1. The molecule has 3 rings (SSSR count). The normalized spacial score (nSPS) is 30.5. The van der Waals surface area contributed by atoms with Gasteiger partial charge >= 0.3 is 17.9 Å². The molecule has 0 aliphatic carbocycles. The lowest BCUT2D eigenvalue weighted by Crippen LogP contribution is -2.69. The van der Waals surface area contributed by atoms with Gasteiger partial charge in [-0.3, -0.25) is 9.69 Å². The van der Waals surface area contributed by atoms with Crippen molar-refractivity contribution in [1.29, 1.82) is 0 Å². The molecule has 2 fully saturated rings. The number of hydrogen-bond acceptors (Lipinski definition) is 7. The number of esters is 3. The zero-order chi connectivity index (χ0) is 18.9. The van der Waals surface area contributed by atoms with Crippen LogP contribution in [0.25, 0.3) is 0 Å². The van der Waals surface area contributed by atoms with Crippen LogP contribution in [0.5, 0.6) is 0 Å². The first-order valence-corrected chi connectivity index (χ1v) is 8.66. The first kappa shape index (κ1) is 18.4. The molecule has 2 aliphatic heterocycles. The fourth-order valence-electron chi connectivity index (χ4n) is 4.20. The summed E-state index contributed by atoms with van der Waals surface area (Å²) in [6, 6.07) is 8.29. The van der Waals surface area contributed by atoms with Crippen LogP contribution in [0.15, 0.2) is 30.3 Å². The third-order valence-corrected chi connectivity index (χ3v) is 5.38. The second kappa shape index (κ2) is 7.07. The summed E-state index contributed by atoms with van der Waals surface area (Å²) in [5.74, 6) is -1.87. The van der Waals surface area contributed by atoms with Crippen LogP contribution < -0.4 is 0 Å². The Balaban J connectivity index is 1.98. The van der Waals surface area contributed by atoms with Gasteiger partial charge in [-0.2, -0.15) is 0 Å². The van der Waals surface area contributed by atoms with Crippen LogP contribution >= 0.6 is 0 Å². The molecule has 0 radical (unpaired) electrons. The van der Waals surface area contributed by atoms with Crippen molar-refractivity contribution in [2.75, 3.05) is 14.2 Å². The largest absolute Gasteiger partial charge is 0.466 e. The highest BCUT2D eigenvalue weighted by molar-refractivity contribution is 5.91. The van der Waals surface area contributed by atoms with E-state index in [1.54, 1.807) is 30.3 Å². The van der Waals surface area contributed by atoms with Crippen molar-refractivity contribution in [3.8, 4) is 0 Å². The van der Waals surface area contributed by atoms with Crippen LogP contribution in [0.4, 0.5) is 0 Å². The zero-order valence-electron chi connectivity index (χ0n) is 15.1. The lowest BCUT2D eigenvalue weighted by atomic mass is 9.82. The number of benzene rings is 1. The molecular formula is C19H23NO6. The molecule has 4 atom stereocenters. The van der Waals surface area contributed by atoms with Crippen molar-refractivity contribution in [1.82, 2.24) is 4.90 Å². The Labute approximate surface area is 152 Å². The highest BCUT2D eigenvalue weighted by Gasteiger charge is 2.65. The van der Waals surface area contributed by atoms with E-state index in [0.29, 0.717) is 18.4 Å². The maximum absolute atomic E-state index is 12.8. The Morgan fingerprint density at radius 2 is 1.85 bits per heavy atom. The monoisotopic (exact) mass is 361 g/mol. The van der Waals surface area contributed by atoms with E-state index < -0.39 is 35.7 Å². The summed E-state index contributed by atoms with van der Waals surface area (Å²) in [7, 11) is 3.13. The third-order valence-electron chi connectivity index (χ3n) is 5.38. The molecule has 0 aromatic heterocycles. The average molecular weight is 361 g/mol. The summed E-state index contributed by atoms with van der Waals surface area (Å²) in [6.45, 7) is 1.24. The van der Waals surface area contributed by atoms with Gasteiger partial charge in [0.25, 0.3) is 5.60 Å². The number of ether oxygens (including phenoxy) is 3. The molecule has 140 valence electrons. The summed E-state index contributed by atoms with van der Waals surface area (Å²) in [5.41, 5.74) is -1.28. The minimum absolute atomic E-state index is 0.155. The maximum atomic E-state index is 12.8. The Hall–Kier alpha value is -2.41. The van der Waals surface area contributed by atoms with Crippen molar-refractivity contribution in [3.05, 3.63) is 35.9 Å². The van der Waals surface area contributed by atoms with E-state index in [1.165, 1.54) is 14.0 Å². The van der Waals surface area contributed by atoms with Crippen LogP contribution in [-0.4, -0.2) is 60.8 Å². The lowest BCUT2D eigenvalue weighted by Gasteiger charge is -2.48.